The van der Waals surface area contributed by atoms with E-state index in [0.29, 0.717) is 28.7 Å². The summed E-state index contributed by atoms with van der Waals surface area (Å²) in [4.78, 5) is 27.5. The van der Waals surface area contributed by atoms with E-state index in [-0.39, 0.29) is 17.1 Å². The van der Waals surface area contributed by atoms with E-state index in [2.05, 4.69) is 10.2 Å². The largest absolute Gasteiger partial charge is 0.278 e. The van der Waals surface area contributed by atoms with E-state index in [0.717, 1.165) is 18.5 Å². The Morgan fingerprint density at radius 2 is 1.83 bits per heavy atom. The van der Waals surface area contributed by atoms with E-state index in [1.165, 1.54) is 16.7 Å². The first kappa shape index (κ1) is 19.7. The Hall–Kier alpha value is -2.64. The molecule has 4 rings (SSSR count). The van der Waals surface area contributed by atoms with Gasteiger partial charge in [-0.2, -0.15) is 0 Å². The molecule has 0 saturated carbocycles. The molecule has 1 fully saturated rings. The molecule has 2 heterocycles. The van der Waals surface area contributed by atoms with Crippen molar-refractivity contribution in [2.24, 2.45) is 0 Å². The molecule has 1 unspecified atom stereocenters. The van der Waals surface area contributed by atoms with Gasteiger partial charge in [0, 0.05) is 22.8 Å². The van der Waals surface area contributed by atoms with Crippen LogP contribution >= 0.6 is 23.4 Å². The minimum atomic E-state index is -0.389. The maximum absolute atomic E-state index is 13.2. The van der Waals surface area contributed by atoms with Gasteiger partial charge in [0.05, 0.1) is 5.25 Å². The van der Waals surface area contributed by atoms with Crippen LogP contribution in [0.15, 0.2) is 66.1 Å². The molecule has 0 radical (unpaired) electrons. The second-order valence-electron chi connectivity index (χ2n) is 6.72. The van der Waals surface area contributed by atoms with E-state index < -0.39 is 0 Å². The normalized spacial score (nSPS) is 17.2. The highest BCUT2D eigenvalue weighted by atomic mass is 35.5. The van der Waals surface area contributed by atoms with Gasteiger partial charge in [-0.25, -0.2) is 0 Å². The second-order valence-corrected chi connectivity index (χ2v) is 8.33. The number of carbonyl (C=O) groups is 2. The number of benzene rings is 2. The summed E-state index contributed by atoms with van der Waals surface area (Å²) in [6.07, 6.45) is 3.98. The minimum Gasteiger partial charge on any atom is -0.278 e. The van der Waals surface area contributed by atoms with Crippen LogP contribution in [0, 0.1) is 0 Å². The zero-order valence-electron chi connectivity index (χ0n) is 15.6. The smallest absolute Gasteiger partial charge is 0.260 e. The molecule has 1 aromatic heterocycles. The first-order chi connectivity index (χ1) is 14.1. The van der Waals surface area contributed by atoms with Crippen molar-refractivity contribution < 1.29 is 9.59 Å². The van der Waals surface area contributed by atoms with E-state index in [9.17, 15) is 9.59 Å². The van der Waals surface area contributed by atoms with E-state index in [1.807, 2.05) is 34.9 Å². The molecule has 0 spiro atoms. The van der Waals surface area contributed by atoms with Gasteiger partial charge < -0.3 is 0 Å². The summed E-state index contributed by atoms with van der Waals surface area (Å²) in [7, 11) is 0. The summed E-state index contributed by atoms with van der Waals surface area (Å²) >= 11 is 7.27. The van der Waals surface area contributed by atoms with Crippen LogP contribution in [0.5, 0.6) is 0 Å². The highest BCUT2D eigenvalue weighted by Gasteiger charge is 2.33. The Morgan fingerprint density at radius 1 is 1.07 bits per heavy atom. The summed E-state index contributed by atoms with van der Waals surface area (Å²) < 4.78 is 1.86. The van der Waals surface area contributed by atoms with Gasteiger partial charge in [-0.15, -0.1) is 10.2 Å². The molecule has 0 aliphatic carbocycles. The molecule has 29 heavy (non-hydrogen) atoms. The van der Waals surface area contributed by atoms with Crippen molar-refractivity contribution in [2.45, 2.75) is 29.7 Å². The third-order valence-electron chi connectivity index (χ3n) is 4.77. The van der Waals surface area contributed by atoms with Gasteiger partial charge in [-0.1, -0.05) is 48.0 Å². The number of aromatic nitrogens is 3. The number of halogens is 1. The Balaban J connectivity index is 1.56. The second kappa shape index (κ2) is 8.80. The first-order valence-corrected chi connectivity index (χ1v) is 10.6. The van der Waals surface area contributed by atoms with Crippen LogP contribution in [0.1, 0.15) is 29.6 Å². The zero-order valence-corrected chi connectivity index (χ0v) is 17.1. The SMILES string of the molecule is O=C(c1ccc(Cl)cc1)N1CCCCC(Sc2nncn2-c2ccccc2)C1=O. The average Bonchev–Trinajstić information content (AvgIpc) is 3.13. The Kier molecular flexibility index (Phi) is 5.97. The van der Waals surface area contributed by atoms with Crippen LogP contribution < -0.4 is 0 Å². The molecule has 0 bridgehead atoms. The maximum Gasteiger partial charge on any atom is 0.260 e. The van der Waals surface area contributed by atoms with Crippen molar-refractivity contribution in [3.8, 4) is 5.69 Å². The molecule has 2 amide bonds. The fraction of sp³-hybridized carbons (Fsp3) is 0.238. The fourth-order valence-corrected chi connectivity index (χ4v) is 4.52. The highest BCUT2D eigenvalue weighted by Crippen LogP contribution is 2.30. The van der Waals surface area contributed by atoms with Crippen molar-refractivity contribution in [3.63, 3.8) is 0 Å². The van der Waals surface area contributed by atoms with Crippen molar-refractivity contribution in [1.29, 1.82) is 0 Å². The summed E-state index contributed by atoms with van der Waals surface area (Å²) in [5.74, 6) is -0.473. The first-order valence-electron chi connectivity index (χ1n) is 9.37. The van der Waals surface area contributed by atoms with Gasteiger partial charge in [-0.05, 0) is 49.2 Å². The Morgan fingerprint density at radius 3 is 2.59 bits per heavy atom. The van der Waals surface area contributed by atoms with Gasteiger partial charge in [-0.3, -0.25) is 19.1 Å². The molecular formula is C21H19ClN4O2S. The molecule has 6 nitrogen and oxygen atoms in total. The van der Waals surface area contributed by atoms with E-state index in [1.54, 1.807) is 30.6 Å². The third-order valence-corrected chi connectivity index (χ3v) is 6.24. The molecule has 2 aromatic carbocycles. The number of rotatable bonds is 4. The molecule has 1 saturated heterocycles. The molecule has 8 heteroatoms. The number of thioether (sulfide) groups is 1. The molecule has 148 valence electrons. The lowest BCUT2D eigenvalue weighted by molar-refractivity contribution is -0.127. The highest BCUT2D eigenvalue weighted by molar-refractivity contribution is 8.00. The third kappa shape index (κ3) is 4.36. The monoisotopic (exact) mass is 426 g/mol. The molecule has 1 atom stereocenters. The van der Waals surface area contributed by atoms with Gasteiger partial charge in [0.2, 0.25) is 5.91 Å². The van der Waals surface area contributed by atoms with E-state index in [4.69, 9.17) is 11.6 Å². The number of nitrogens with zero attached hydrogens (tertiary/aromatic N) is 4. The van der Waals surface area contributed by atoms with Crippen molar-refractivity contribution in [2.75, 3.05) is 6.54 Å². The maximum atomic E-state index is 13.2. The standard InChI is InChI=1S/C21H19ClN4O2S/c22-16-11-9-15(10-12-16)19(27)25-13-5-4-8-18(20(25)28)29-21-24-23-14-26(21)17-6-2-1-3-7-17/h1-3,6-7,9-12,14,18H,4-5,8,13H2. The van der Waals surface area contributed by atoms with Gasteiger partial charge in [0.25, 0.3) is 5.91 Å². The molecule has 1 aliphatic heterocycles. The van der Waals surface area contributed by atoms with E-state index >= 15 is 0 Å². The van der Waals surface area contributed by atoms with Crippen molar-refractivity contribution >= 4 is 35.2 Å². The predicted molar refractivity (Wildman–Crippen MR) is 112 cm³/mol. The summed E-state index contributed by atoms with van der Waals surface area (Å²) in [5, 5.41) is 9.00. The molecule has 0 N–H and O–H groups in total. The van der Waals surface area contributed by atoms with Crippen LogP contribution in [-0.2, 0) is 4.79 Å². The Bertz CT molecular complexity index is 1010. The van der Waals surface area contributed by atoms with Gasteiger partial charge >= 0.3 is 0 Å². The summed E-state index contributed by atoms with van der Waals surface area (Å²) in [6.45, 7) is 0.419. The predicted octanol–water partition coefficient (Wildman–Crippen LogP) is 4.23. The molecular weight excluding hydrogens is 408 g/mol. The number of amides is 2. The Labute approximate surface area is 177 Å². The lowest BCUT2D eigenvalue weighted by Crippen LogP contribution is -2.41. The topological polar surface area (TPSA) is 68.1 Å². The minimum absolute atomic E-state index is 0.185. The van der Waals surface area contributed by atoms with Crippen LogP contribution in [0.4, 0.5) is 0 Å². The lowest BCUT2D eigenvalue weighted by atomic mass is 10.2. The number of likely N-dealkylation sites (tertiary alicyclic amines) is 1. The summed E-state index contributed by atoms with van der Waals surface area (Å²) in [6, 6.07) is 16.3. The average molecular weight is 427 g/mol. The van der Waals surface area contributed by atoms with Crippen LogP contribution in [0.25, 0.3) is 5.69 Å². The van der Waals surface area contributed by atoms with Crippen LogP contribution in [0.2, 0.25) is 5.02 Å². The van der Waals surface area contributed by atoms with Gasteiger partial charge in [0.15, 0.2) is 5.16 Å². The number of imide groups is 1. The van der Waals surface area contributed by atoms with Crippen molar-refractivity contribution in [3.05, 3.63) is 71.5 Å². The van der Waals surface area contributed by atoms with Crippen LogP contribution in [0.3, 0.4) is 0 Å². The van der Waals surface area contributed by atoms with Crippen molar-refractivity contribution in [1.82, 2.24) is 19.7 Å². The molecule has 1 aliphatic rings. The van der Waals surface area contributed by atoms with Crippen LogP contribution in [-0.4, -0.2) is 43.3 Å². The summed E-state index contributed by atoms with van der Waals surface area (Å²) in [5.41, 5.74) is 1.39. The number of hydrogen-bond acceptors (Lipinski definition) is 5. The number of hydrogen-bond donors (Lipinski definition) is 0. The van der Waals surface area contributed by atoms with Gasteiger partial charge in [0.1, 0.15) is 6.33 Å². The fourth-order valence-electron chi connectivity index (χ4n) is 3.26. The number of para-hydroxylation sites is 1. The molecule has 3 aromatic rings. The number of carbonyl (C=O) groups excluding carboxylic acids is 2. The zero-order chi connectivity index (χ0) is 20.2. The lowest BCUT2D eigenvalue weighted by Gasteiger charge is -2.22. The quantitative estimate of drug-likeness (QED) is 0.584.